The normalized spacial score (nSPS) is 11.7. The number of nitrogens with one attached hydrogen (secondary N) is 1. The summed E-state index contributed by atoms with van der Waals surface area (Å²) < 4.78 is 0. The van der Waals surface area contributed by atoms with Gasteiger partial charge in [-0.1, -0.05) is 32.1 Å². The fourth-order valence-corrected chi connectivity index (χ4v) is 2.44. The Hall–Kier alpha value is -1.13. The zero-order valence-electron chi connectivity index (χ0n) is 12.6. The van der Waals surface area contributed by atoms with Gasteiger partial charge in [0.1, 0.15) is 4.99 Å². The zero-order valence-corrected chi connectivity index (χ0v) is 13.4. The number of thiocarbonyl (C=S) groups is 1. The number of nitrogens with zero attached hydrogens (tertiary/aromatic N) is 1. The molecule has 4 heteroatoms. The maximum absolute atomic E-state index is 5.77. The summed E-state index contributed by atoms with van der Waals surface area (Å²) in [5, 5.41) is 3.49. The van der Waals surface area contributed by atoms with E-state index in [4.69, 9.17) is 18.0 Å². The SMILES string of the molecule is Cc1ccc(C(N)=S)c(NCC(C)(C)CN(C)C)c1. The Bertz CT molecular complexity index is 453. The Morgan fingerprint density at radius 2 is 2.00 bits per heavy atom. The minimum Gasteiger partial charge on any atom is -0.389 e. The summed E-state index contributed by atoms with van der Waals surface area (Å²) >= 11 is 5.10. The predicted octanol–water partition coefficient (Wildman–Crippen LogP) is 2.63. The van der Waals surface area contributed by atoms with Gasteiger partial charge in [-0.25, -0.2) is 0 Å². The predicted molar refractivity (Wildman–Crippen MR) is 87.9 cm³/mol. The van der Waals surface area contributed by atoms with Crippen LogP contribution in [0.4, 0.5) is 5.69 Å². The van der Waals surface area contributed by atoms with Gasteiger partial charge in [0.15, 0.2) is 0 Å². The maximum Gasteiger partial charge on any atom is 0.106 e. The third-order valence-corrected chi connectivity index (χ3v) is 3.16. The van der Waals surface area contributed by atoms with E-state index in [1.165, 1.54) is 5.56 Å². The van der Waals surface area contributed by atoms with Crippen molar-refractivity contribution in [2.75, 3.05) is 32.5 Å². The first-order valence-corrected chi connectivity index (χ1v) is 6.91. The molecule has 19 heavy (non-hydrogen) atoms. The minimum absolute atomic E-state index is 0.181. The molecule has 0 unspecified atom stereocenters. The van der Waals surface area contributed by atoms with Crippen LogP contribution in [0, 0.1) is 12.3 Å². The van der Waals surface area contributed by atoms with Crippen molar-refractivity contribution in [1.29, 1.82) is 0 Å². The molecule has 0 aliphatic carbocycles. The Morgan fingerprint density at radius 3 is 2.53 bits per heavy atom. The second kappa shape index (κ2) is 6.35. The van der Waals surface area contributed by atoms with Crippen LogP contribution in [0.1, 0.15) is 25.0 Å². The van der Waals surface area contributed by atoms with E-state index < -0.39 is 0 Å². The molecule has 0 spiro atoms. The van der Waals surface area contributed by atoms with Gasteiger partial charge < -0.3 is 16.0 Å². The van der Waals surface area contributed by atoms with E-state index in [2.05, 4.69) is 51.1 Å². The van der Waals surface area contributed by atoms with Gasteiger partial charge >= 0.3 is 0 Å². The van der Waals surface area contributed by atoms with E-state index in [1.807, 2.05) is 12.1 Å². The number of hydrogen-bond acceptors (Lipinski definition) is 3. The molecule has 0 saturated carbocycles. The highest BCUT2D eigenvalue weighted by Gasteiger charge is 2.19. The molecule has 0 saturated heterocycles. The first-order chi connectivity index (χ1) is 8.71. The Balaban J connectivity index is 2.82. The number of rotatable bonds is 6. The van der Waals surface area contributed by atoms with Gasteiger partial charge in [0.05, 0.1) is 0 Å². The molecule has 0 heterocycles. The molecule has 0 atom stereocenters. The van der Waals surface area contributed by atoms with Gasteiger partial charge in [-0.15, -0.1) is 0 Å². The maximum atomic E-state index is 5.77. The molecule has 0 aromatic heterocycles. The van der Waals surface area contributed by atoms with Gasteiger partial charge in [-0.2, -0.15) is 0 Å². The summed E-state index contributed by atoms with van der Waals surface area (Å²) in [6.45, 7) is 8.46. The van der Waals surface area contributed by atoms with Crippen LogP contribution in [0.25, 0.3) is 0 Å². The molecule has 106 valence electrons. The first kappa shape index (κ1) is 15.9. The lowest BCUT2D eigenvalue weighted by molar-refractivity contribution is 0.254. The highest BCUT2D eigenvalue weighted by molar-refractivity contribution is 7.80. The number of hydrogen-bond donors (Lipinski definition) is 2. The summed E-state index contributed by atoms with van der Waals surface area (Å²) in [6.07, 6.45) is 0. The van der Waals surface area contributed by atoms with Crippen molar-refractivity contribution in [3.05, 3.63) is 29.3 Å². The molecule has 1 rings (SSSR count). The van der Waals surface area contributed by atoms with Gasteiger partial charge in [0.25, 0.3) is 0 Å². The minimum atomic E-state index is 0.181. The van der Waals surface area contributed by atoms with Crippen LogP contribution in [0.5, 0.6) is 0 Å². The van der Waals surface area contributed by atoms with Crippen molar-refractivity contribution in [2.24, 2.45) is 11.1 Å². The molecule has 0 radical (unpaired) electrons. The van der Waals surface area contributed by atoms with E-state index >= 15 is 0 Å². The van der Waals surface area contributed by atoms with E-state index in [1.54, 1.807) is 0 Å². The highest BCUT2D eigenvalue weighted by Crippen LogP contribution is 2.21. The summed E-state index contributed by atoms with van der Waals surface area (Å²) in [6, 6.07) is 6.11. The molecule has 0 amide bonds. The molecular weight excluding hydrogens is 254 g/mol. The Morgan fingerprint density at radius 1 is 1.37 bits per heavy atom. The molecule has 0 aliphatic heterocycles. The Labute approximate surface area is 122 Å². The molecule has 0 bridgehead atoms. The van der Waals surface area contributed by atoms with Crippen molar-refractivity contribution >= 4 is 22.9 Å². The van der Waals surface area contributed by atoms with Crippen molar-refractivity contribution < 1.29 is 0 Å². The summed E-state index contributed by atoms with van der Waals surface area (Å²) in [7, 11) is 4.18. The topological polar surface area (TPSA) is 41.3 Å². The second-order valence-corrected chi connectivity index (χ2v) is 6.61. The van der Waals surface area contributed by atoms with Gasteiger partial charge in [0, 0.05) is 24.3 Å². The van der Waals surface area contributed by atoms with Crippen LogP contribution in [0.15, 0.2) is 18.2 Å². The average molecular weight is 279 g/mol. The standard InChI is InChI=1S/C15H25N3S/c1-11-6-7-12(14(16)19)13(8-11)17-9-15(2,3)10-18(4)5/h6-8,17H,9-10H2,1-5H3,(H2,16,19). The third-order valence-electron chi connectivity index (χ3n) is 2.94. The molecule has 0 fully saturated rings. The van der Waals surface area contributed by atoms with E-state index in [9.17, 15) is 0 Å². The van der Waals surface area contributed by atoms with Gasteiger partial charge in [-0.05, 0) is 44.1 Å². The van der Waals surface area contributed by atoms with Crippen molar-refractivity contribution in [2.45, 2.75) is 20.8 Å². The molecule has 1 aromatic carbocycles. The van der Waals surface area contributed by atoms with Gasteiger partial charge in [-0.3, -0.25) is 0 Å². The van der Waals surface area contributed by atoms with Crippen LogP contribution in [-0.2, 0) is 0 Å². The number of anilines is 1. The highest BCUT2D eigenvalue weighted by atomic mass is 32.1. The largest absolute Gasteiger partial charge is 0.389 e. The molecule has 1 aromatic rings. The van der Waals surface area contributed by atoms with Crippen molar-refractivity contribution in [1.82, 2.24) is 4.90 Å². The first-order valence-electron chi connectivity index (χ1n) is 6.50. The van der Waals surface area contributed by atoms with Crippen LogP contribution in [-0.4, -0.2) is 37.1 Å². The van der Waals surface area contributed by atoms with E-state index in [0.717, 1.165) is 24.3 Å². The van der Waals surface area contributed by atoms with Crippen LogP contribution >= 0.6 is 12.2 Å². The monoisotopic (exact) mass is 279 g/mol. The number of benzene rings is 1. The number of nitrogens with two attached hydrogens (primary N) is 1. The average Bonchev–Trinajstić information content (AvgIpc) is 2.24. The number of aryl methyl sites for hydroxylation is 1. The van der Waals surface area contributed by atoms with E-state index in [-0.39, 0.29) is 5.41 Å². The lowest BCUT2D eigenvalue weighted by Crippen LogP contribution is -2.34. The second-order valence-electron chi connectivity index (χ2n) is 6.17. The van der Waals surface area contributed by atoms with Crippen LogP contribution in [0.2, 0.25) is 0 Å². The smallest absolute Gasteiger partial charge is 0.106 e. The summed E-state index contributed by atoms with van der Waals surface area (Å²) in [5.41, 5.74) is 9.10. The van der Waals surface area contributed by atoms with Crippen molar-refractivity contribution in [3.63, 3.8) is 0 Å². The fraction of sp³-hybridized carbons (Fsp3) is 0.533. The molecule has 3 nitrogen and oxygen atoms in total. The summed E-state index contributed by atoms with van der Waals surface area (Å²) in [4.78, 5) is 2.64. The molecule has 0 aliphatic rings. The van der Waals surface area contributed by atoms with E-state index in [0.29, 0.717) is 4.99 Å². The van der Waals surface area contributed by atoms with Crippen LogP contribution in [0.3, 0.4) is 0 Å². The summed E-state index contributed by atoms with van der Waals surface area (Å²) in [5.74, 6) is 0. The van der Waals surface area contributed by atoms with Gasteiger partial charge in [0.2, 0.25) is 0 Å². The van der Waals surface area contributed by atoms with Crippen molar-refractivity contribution in [3.8, 4) is 0 Å². The lowest BCUT2D eigenvalue weighted by Gasteiger charge is -2.29. The quantitative estimate of drug-likeness (QED) is 0.786. The zero-order chi connectivity index (χ0) is 14.6. The van der Waals surface area contributed by atoms with Crippen LogP contribution < -0.4 is 11.1 Å². The fourth-order valence-electron chi connectivity index (χ4n) is 2.27. The molecular formula is C15H25N3S. The Kier molecular flexibility index (Phi) is 5.32. The lowest BCUT2D eigenvalue weighted by atomic mass is 9.92. The third kappa shape index (κ3) is 5.17. The molecule has 3 N–H and O–H groups in total.